The van der Waals surface area contributed by atoms with Crippen LogP contribution >= 0.6 is 0 Å². The van der Waals surface area contributed by atoms with Crippen molar-refractivity contribution >= 4 is 11.6 Å². The lowest BCUT2D eigenvalue weighted by molar-refractivity contribution is -0.139. The normalized spacial score (nSPS) is 13.1. The van der Waals surface area contributed by atoms with E-state index in [1.165, 1.54) is 0 Å². The maximum Gasteiger partial charge on any atom is 0.256 e. The minimum absolute atomic E-state index is 0.220. The smallest absolute Gasteiger partial charge is 0.256 e. The van der Waals surface area contributed by atoms with Gasteiger partial charge in [0.25, 0.3) is 5.91 Å². The Balaban J connectivity index is 2.90. The second-order valence-corrected chi connectivity index (χ2v) is 7.10. The van der Waals surface area contributed by atoms with E-state index < -0.39 is 5.60 Å². The summed E-state index contributed by atoms with van der Waals surface area (Å²) in [5.74, 6) is 0.807. The second-order valence-electron chi connectivity index (χ2n) is 7.10. The van der Waals surface area contributed by atoms with Gasteiger partial charge in [0, 0.05) is 6.61 Å². The largest absolute Gasteiger partial charge is 0.493 e. The summed E-state index contributed by atoms with van der Waals surface area (Å²) in [6.07, 6.45) is 3.72. The molecule has 1 rings (SSSR count). The SMILES string of the molecule is CCCCC[C@](C)(OCC)C(=O)Nc1ccc(OCC(C)C)cc1C#N. The predicted octanol–water partition coefficient (Wildman–Crippen LogP) is 4.91. The number of hydrogen-bond acceptors (Lipinski definition) is 4. The molecule has 0 fully saturated rings. The van der Waals surface area contributed by atoms with Gasteiger partial charge in [-0.1, -0.05) is 40.0 Å². The van der Waals surface area contributed by atoms with Gasteiger partial charge in [-0.3, -0.25) is 4.79 Å². The molecule has 26 heavy (non-hydrogen) atoms. The van der Waals surface area contributed by atoms with Crippen molar-refractivity contribution in [2.24, 2.45) is 5.92 Å². The van der Waals surface area contributed by atoms with Crippen LogP contribution in [0.3, 0.4) is 0 Å². The molecule has 0 saturated heterocycles. The van der Waals surface area contributed by atoms with Crippen molar-refractivity contribution in [1.82, 2.24) is 0 Å². The summed E-state index contributed by atoms with van der Waals surface area (Å²) >= 11 is 0. The first kappa shape index (κ1) is 22.0. The first-order valence-electron chi connectivity index (χ1n) is 9.48. The Bertz CT molecular complexity index is 622. The summed E-state index contributed by atoms with van der Waals surface area (Å²) < 4.78 is 11.4. The molecule has 0 bridgehead atoms. The fraction of sp³-hybridized carbons (Fsp3) is 0.619. The van der Waals surface area contributed by atoms with Crippen LogP contribution in [0.4, 0.5) is 5.69 Å². The van der Waals surface area contributed by atoms with Gasteiger partial charge >= 0.3 is 0 Å². The van der Waals surface area contributed by atoms with Crippen molar-refractivity contribution < 1.29 is 14.3 Å². The molecular formula is C21H32N2O3. The Labute approximate surface area is 157 Å². The van der Waals surface area contributed by atoms with E-state index in [9.17, 15) is 10.1 Å². The van der Waals surface area contributed by atoms with E-state index in [0.29, 0.717) is 42.6 Å². The molecule has 5 heteroatoms. The number of unbranched alkanes of at least 4 members (excludes halogenated alkanes) is 2. The van der Waals surface area contributed by atoms with Crippen LogP contribution < -0.4 is 10.1 Å². The molecule has 144 valence electrons. The van der Waals surface area contributed by atoms with Gasteiger partial charge in [-0.05, 0) is 44.4 Å². The minimum Gasteiger partial charge on any atom is -0.493 e. The summed E-state index contributed by atoms with van der Waals surface area (Å²) in [5.41, 5.74) is -0.0356. The Hall–Kier alpha value is -2.06. The number of carbonyl (C=O) groups excluding carboxylic acids is 1. The molecular weight excluding hydrogens is 328 g/mol. The molecule has 0 spiro atoms. The molecule has 0 aromatic heterocycles. The van der Waals surface area contributed by atoms with Gasteiger partial charge in [0.15, 0.2) is 0 Å². The fourth-order valence-corrected chi connectivity index (χ4v) is 2.61. The van der Waals surface area contributed by atoms with Crippen LogP contribution in [0.5, 0.6) is 5.75 Å². The summed E-state index contributed by atoms with van der Waals surface area (Å²) in [6.45, 7) is 11.0. The van der Waals surface area contributed by atoms with E-state index in [0.717, 1.165) is 19.3 Å². The topological polar surface area (TPSA) is 71.3 Å². The minimum atomic E-state index is -0.899. The molecule has 1 N–H and O–H groups in total. The summed E-state index contributed by atoms with van der Waals surface area (Å²) in [6, 6.07) is 7.27. The highest BCUT2D eigenvalue weighted by Crippen LogP contribution is 2.26. The number of benzene rings is 1. The number of nitrogens with one attached hydrogen (secondary N) is 1. The summed E-state index contributed by atoms with van der Waals surface area (Å²) in [5, 5.41) is 12.3. The fourth-order valence-electron chi connectivity index (χ4n) is 2.61. The first-order chi connectivity index (χ1) is 12.4. The maximum atomic E-state index is 12.8. The number of anilines is 1. The lowest BCUT2D eigenvalue weighted by Gasteiger charge is -2.28. The molecule has 1 aromatic carbocycles. The number of nitrogens with zero attached hydrogens (tertiary/aromatic N) is 1. The highest BCUT2D eigenvalue weighted by molar-refractivity contribution is 5.98. The molecule has 0 radical (unpaired) electrons. The standard InChI is InChI=1S/C21H32N2O3/c1-6-8-9-12-21(5,26-7-2)20(24)23-19-11-10-18(13-17(19)14-22)25-15-16(3)4/h10-11,13,16H,6-9,12,15H2,1-5H3,(H,23,24)/t21-/m0/s1. The Morgan fingerprint density at radius 3 is 2.62 bits per heavy atom. The number of nitriles is 1. The number of rotatable bonds is 11. The molecule has 0 aliphatic heterocycles. The zero-order chi connectivity index (χ0) is 19.6. The lowest BCUT2D eigenvalue weighted by atomic mass is 9.96. The van der Waals surface area contributed by atoms with E-state index in [4.69, 9.17) is 9.47 Å². The van der Waals surface area contributed by atoms with Gasteiger partial charge < -0.3 is 14.8 Å². The summed E-state index contributed by atoms with van der Waals surface area (Å²) in [7, 11) is 0. The van der Waals surface area contributed by atoms with Gasteiger partial charge in [-0.2, -0.15) is 5.26 Å². The van der Waals surface area contributed by atoms with E-state index in [1.54, 1.807) is 18.2 Å². The van der Waals surface area contributed by atoms with E-state index in [1.807, 2.05) is 13.8 Å². The zero-order valence-electron chi connectivity index (χ0n) is 16.7. The van der Waals surface area contributed by atoms with Crippen molar-refractivity contribution in [1.29, 1.82) is 5.26 Å². The quantitative estimate of drug-likeness (QED) is 0.569. The Morgan fingerprint density at radius 1 is 1.31 bits per heavy atom. The maximum absolute atomic E-state index is 12.8. The monoisotopic (exact) mass is 360 g/mol. The number of carbonyl (C=O) groups is 1. The highest BCUT2D eigenvalue weighted by atomic mass is 16.5. The van der Waals surface area contributed by atoms with Crippen LogP contribution in [-0.2, 0) is 9.53 Å². The zero-order valence-corrected chi connectivity index (χ0v) is 16.7. The van der Waals surface area contributed by atoms with Gasteiger partial charge in [-0.15, -0.1) is 0 Å². The molecule has 0 heterocycles. The van der Waals surface area contributed by atoms with Crippen molar-refractivity contribution in [3.8, 4) is 11.8 Å². The Kier molecular flexibility index (Phi) is 9.15. The third kappa shape index (κ3) is 6.68. The van der Waals surface area contributed by atoms with Crippen LogP contribution in [0.1, 0.15) is 65.9 Å². The predicted molar refractivity (Wildman–Crippen MR) is 104 cm³/mol. The average Bonchev–Trinajstić information content (AvgIpc) is 2.61. The van der Waals surface area contributed by atoms with Crippen LogP contribution in [0.25, 0.3) is 0 Å². The van der Waals surface area contributed by atoms with Crippen LogP contribution in [-0.4, -0.2) is 24.7 Å². The van der Waals surface area contributed by atoms with Crippen molar-refractivity contribution in [2.75, 3.05) is 18.5 Å². The van der Waals surface area contributed by atoms with E-state index in [-0.39, 0.29) is 5.91 Å². The van der Waals surface area contributed by atoms with E-state index in [2.05, 4.69) is 32.2 Å². The number of hydrogen-bond donors (Lipinski definition) is 1. The van der Waals surface area contributed by atoms with E-state index >= 15 is 0 Å². The molecule has 0 unspecified atom stereocenters. The number of amides is 1. The third-order valence-corrected chi connectivity index (χ3v) is 4.14. The molecule has 1 amide bonds. The van der Waals surface area contributed by atoms with Gasteiger partial charge in [0.05, 0.1) is 17.9 Å². The molecule has 1 atom stereocenters. The van der Waals surface area contributed by atoms with Gasteiger partial charge in [0.1, 0.15) is 17.4 Å². The lowest BCUT2D eigenvalue weighted by Crippen LogP contribution is -2.43. The van der Waals surface area contributed by atoms with Crippen molar-refractivity contribution in [2.45, 2.75) is 65.9 Å². The van der Waals surface area contributed by atoms with Crippen LogP contribution in [0.2, 0.25) is 0 Å². The van der Waals surface area contributed by atoms with Gasteiger partial charge in [-0.25, -0.2) is 0 Å². The average molecular weight is 360 g/mol. The number of ether oxygens (including phenoxy) is 2. The molecule has 0 saturated carbocycles. The summed E-state index contributed by atoms with van der Waals surface area (Å²) in [4.78, 5) is 12.8. The molecule has 0 aliphatic carbocycles. The molecule has 1 aromatic rings. The van der Waals surface area contributed by atoms with Crippen molar-refractivity contribution in [3.63, 3.8) is 0 Å². The molecule has 0 aliphatic rings. The van der Waals surface area contributed by atoms with Crippen LogP contribution in [0.15, 0.2) is 18.2 Å². The van der Waals surface area contributed by atoms with Crippen molar-refractivity contribution in [3.05, 3.63) is 23.8 Å². The van der Waals surface area contributed by atoms with Gasteiger partial charge in [0.2, 0.25) is 0 Å². The highest BCUT2D eigenvalue weighted by Gasteiger charge is 2.33. The van der Waals surface area contributed by atoms with Crippen LogP contribution in [0, 0.1) is 17.2 Å². The third-order valence-electron chi connectivity index (χ3n) is 4.14. The Morgan fingerprint density at radius 2 is 2.04 bits per heavy atom. The second kappa shape index (κ2) is 10.8. The molecule has 5 nitrogen and oxygen atoms in total. The first-order valence-corrected chi connectivity index (χ1v) is 9.48.